The van der Waals surface area contributed by atoms with E-state index in [-0.39, 0.29) is 35.1 Å². The molecule has 0 aliphatic carbocycles. The first-order valence-electron chi connectivity index (χ1n) is 9.13. The standard InChI is InChI=1S/C22H24F6N.HI/c1-29(2,3)13-5-4-12-20(16-8-6-10-18(14-16)21(23,24)25)17-9-7-11-19(15-17)22(26,27)28;/h6-12,14-15H,4-5,13H2,1-3H3;1H/q+1;/p-1. The molecule has 0 bridgehead atoms. The van der Waals surface area contributed by atoms with Crippen LogP contribution >= 0.6 is 0 Å². The highest BCUT2D eigenvalue weighted by Gasteiger charge is 2.32. The molecule has 0 radical (unpaired) electrons. The molecule has 0 saturated heterocycles. The van der Waals surface area contributed by atoms with E-state index in [1.54, 1.807) is 6.08 Å². The average molecular weight is 543 g/mol. The van der Waals surface area contributed by atoms with Crippen LogP contribution in [0.2, 0.25) is 0 Å². The van der Waals surface area contributed by atoms with Crippen LogP contribution in [0, 0.1) is 0 Å². The van der Waals surface area contributed by atoms with Gasteiger partial charge in [-0.1, -0.05) is 30.3 Å². The Labute approximate surface area is 190 Å². The number of quaternary nitrogens is 1. The largest absolute Gasteiger partial charge is 1.00 e. The maximum atomic E-state index is 13.1. The normalized spacial score (nSPS) is 12.3. The minimum absolute atomic E-state index is 0. The Bertz CT molecular complexity index is 803. The van der Waals surface area contributed by atoms with Gasteiger partial charge in [0.1, 0.15) is 0 Å². The summed E-state index contributed by atoms with van der Waals surface area (Å²) in [4.78, 5) is 0. The minimum atomic E-state index is -4.53. The average Bonchev–Trinajstić information content (AvgIpc) is 2.59. The third-order valence-corrected chi connectivity index (χ3v) is 4.38. The lowest BCUT2D eigenvalue weighted by atomic mass is 9.94. The maximum Gasteiger partial charge on any atom is 0.416 e. The van der Waals surface area contributed by atoms with Gasteiger partial charge in [0, 0.05) is 6.42 Å². The molecule has 0 atom stereocenters. The van der Waals surface area contributed by atoms with E-state index >= 15 is 0 Å². The number of allylic oxidation sites excluding steroid dienone is 1. The van der Waals surface area contributed by atoms with Crippen LogP contribution in [-0.4, -0.2) is 32.2 Å². The van der Waals surface area contributed by atoms with Gasteiger partial charge >= 0.3 is 12.4 Å². The van der Waals surface area contributed by atoms with Crippen molar-refractivity contribution in [3.05, 3.63) is 76.9 Å². The number of rotatable bonds is 6. The third-order valence-electron chi connectivity index (χ3n) is 4.38. The third kappa shape index (κ3) is 7.94. The molecule has 0 unspecified atom stereocenters. The highest BCUT2D eigenvalue weighted by atomic mass is 127. The van der Waals surface area contributed by atoms with Crippen molar-refractivity contribution < 1.29 is 54.8 Å². The number of alkyl halides is 6. The molecular weight excluding hydrogens is 519 g/mol. The van der Waals surface area contributed by atoms with Crippen molar-refractivity contribution in [1.29, 1.82) is 0 Å². The summed E-state index contributed by atoms with van der Waals surface area (Å²) in [6.45, 7) is 0.828. The Morgan fingerprint density at radius 1 is 0.800 bits per heavy atom. The van der Waals surface area contributed by atoms with Crippen LogP contribution in [0.3, 0.4) is 0 Å². The van der Waals surface area contributed by atoms with Gasteiger partial charge in [0.2, 0.25) is 0 Å². The van der Waals surface area contributed by atoms with Gasteiger partial charge in [-0.25, -0.2) is 0 Å². The number of nitrogens with zero attached hydrogens (tertiary/aromatic N) is 1. The van der Waals surface area contributed by atoms with Gasteiger partial charge in [0.05, 0.1) is 38.8 Å². The molecule has 0 amide bonds. The smallest absolute Gasteiger partial charge is 0.416 e. The second kappa shape index (κ2) is 10.2. The van der Waals surface area contributed by atoms with Gasteiger partial charge in [-0.3, -0.25) is 0 Å². The molecule has 0 saturated carbocycles. The summed E-state index contributed by atoms with van der Waals surface area (Å²) in [5.41, 5.74) is -0.823. The van der Waals surface area contributed by atoms with Crippen molar-refractivity contribution in [3.8, 4) is 0 Å². The van der Waals surface area contributed by atoms with Gasteiger partial charge in [-0.2, -0.15) is 26.3 Å². The molecule has 0 N–H and O–H groups in total. The fourth-order valence-electron chi connectivity index (χ4n) is 2.94. The molecule has 0 aliphatic heterocycles. The first-order valence-corrected chi connectivity index (χ1v) is 9.13. The second-order valence-corrected chi connectivity index (χ2v) is 7.93. The van der Waals surface area contributed by atoms with Gasteiger partial charge < -0.3 is 28.5 Å². The van der Waals surface area contributed by atoms with Crippen LogP contribution < -0.4 is 24.0 Å². The van der Waals surface area contributed by atoms with E-state index < -0.39 is 23.5 Å². The first-order chi connectivity index (χ1) is 13.3. The summed E-state index contributed by atoms with van der Waals surface area (Å²) < 4.78 is 79.4. The van der Waals surface area contributed by atoms with E-state index in [9.17, 15) is 26.3 Å². The fourth-order valence-corrected chi connectivity index (χ4v) is 2.94. The van der Waals surface area contributed by atoms with Crippen LogP contribution in [0.25, 0.3) is 5.57 Å². The van der Waals surface area contributed by atoms with E-state index in [0.717, 1.165) is 41.7 Å². The predicted octanol–water partition coefficient (Wildman–Crippen LogP) is 3.65. The van der Waals surface area contributed by atoms with Crippen LogP contribution in [0.1, 0.15) is 35.1 Å². The van der Waals surface area contributed by atoms with Crippen molar-refractivity contribution in [3.63, 3.8) is 0 Å². The van der Waals surface area contributed by atoms with Gasteiger partial charge in [0.25, 0.3) is 0 Å². The fraction of sp³-hybridized carbons (Fsp3) is 0.364. The highest BCUT2D eigenvalue weighted by Crippen LogP contribution is 2.35. The molecule has 1 nitrogen and oxygen atoms in total. The Hall–Kier alpha value is -1.55. The molecular formula is C22H24F6IN. The Morgan fingerprint density at radius 2 is 1.23 bits per heavy atom. The minimum Gasteiger partial charge on any atom is -1.00 e. The van der Waals surface area contributed by atoms with Crippen LogP contribution in [-0.2, 0) is 12.4 Å². The molecule has 0 spiro atoms. The summed E-state index contributed by atoms with van der Waals surface area (Å²) >= 11 is 0. The predicted molar refractivity (Wildman–Crippen MR) is 102 cm³/mol. The number of hydrogen-bond donors (Lipinski definition) is 0. The monoisotopic (exact) mass is 543 g/mol. The molecule has 30 heavy (non-hydrogen) atoms. The first kappa shape index (κ1) is 26.5. The summed E-state index contributed by atoms with van der Waals surface area (Å²) in [6, 6.07) is 9.37. The van der Waals surface area contributed by atoms with Gasteiger partial charge in [-0.15, -0.1) is 0 Å². The zero-order chi connectivity index (χ0) is 21.9. The second-order valence-electron chi connectivity index (χ2n) is 7.93. The lowest BCUT2D eigenvalue weighted by molar-refractivity contribution is -0.870. The molecule has 166 valence electrons. The van der Waals surface area contributed by atoms with E-state index in [2.05, 4.69) is 0 Å². The Balaban J connectivity index is 0.00000450. The lowest BCUT2D eigenvalue weighted by Gasteiger charge is -2.23. The number of hydrogen-bond acceptors (Lipinski definition) is 0. The summed E-state index contributed by atoms with van der Waals surface area (Å²) in [7, 11) is 6.05. The van der Waals surface area contributed by atoms with Gasteiger partial charge in [-0.05, 0) is 47.4 Å². The van der Waals surface area contributed by atoms with Crippen molar-refractivity contribution in [2.24, 2.45) is 0 Å². The summed E-state index contributed by atoms with van der Waals surface area (Å²) in [5, 5.41) is 0. The topological polar surface area (TPSA) is 0 Å². The van der Waals surface area contributed by atoms with E-state index in [1.807, 2.05) is 21.1 Å². The maximum absolute atomic E-state index is 13.1. The molecule has 0 aliphatic rings. The Kier molecular flexibility index (Phi) is 8.98. The van der Waals surface area contributed by atoms with E-state index in [1.165, 1.54) is 24.3 Å². The SMILES string of the molecule is C[N+](C)(C)CCCC=C(c1cccc(C(F)(F)F)c1)c1cccc(C(F)(F)F)c1.[I-]. The molecule has 0 aromatic heterocycles. The molecule has 2 aromatic rings. The van der Waals surface area contributed by atoms with Crippen LogP contribution in [0.5, 0.6) is 0 Å². The molecule has 2 rings (SSSR count). The van der Waals surface area contributed by atoms with E-state index in [4.69, 9.17) is 0 Å². The zero-order valence-electron chi connectivity index (χ0n) is 16.9. The molecule has 0 heterocycles. The zero-order valence-corrected chi connectivity index (χ0v) is 19.1. The van der Waals surface area contributed by atoms with Crippen LogP contribution in [0.15, 0.2) is 54.6 Å². The van der Waals surface area contributed by atoms with Gasteiger partial charge in [0.15, 0.2) is 0 Å². The Morgan fingerprint density at radius 3 is 1.60 bits per heavy atom. The number of unbranched alkanes of at least 4 members (excludes halogenated alkanes) is 1. The summed E-state index contributed by atoms with van der Waals surface area (Å²) in [6.07, 6.45) is -6.04. The van der Waals surface area contributed by atoms with Crippen LogP contribution in [0.4, 0.5) is 26.3 Å². The van der Waals surface area contributed by atoms with Crippen molar-refractivity contribution in [2.75, 3.05) is 27.7 Å². The van der Waals surface area contributed by atoms with Crippen molar-refractivity contribution in [1.82, 2.24) is 0 Å². The highest BCUT2D eigenvalue weighted by molar-refractivity contribution is 5.80. The van der Waals surface area contributed by atoms with Crippen molar-refractivity contribution in [2.45, 2.75) is 25.2 Å². The molecule has 0 fully saturated rings. The summed E-state index contributed by atoms with van der Waals surface area (Å²) in [5.74, 6) is 0. The van der Waals surface area contributed by atoms with Crippen molar-refractivity contribution >= 4 is 5.57 Å². The van der Waals surface area contributed by atoms with E-state index in [0.29, 0.717) is 12.0 Å². The quantitative estimate of drug-likeness (QED) is 0.226. The lowest BCUT2D eigenvalue weighted by Crippen LogP contribution is -3.00. The number of halogens is 7. The number of benzene rings is 2. The molecule has 2 aromatic carbocycles. The molecule has 8 heteroatoms.